The summed E-state index contributed by atoms with van der Waals surface area (Å²) < 4.78 is 0.794. The van der Waals surface area contributed by atoms with E-state index in [9.17, 15) is 4.79 Å². The van der Waals surface area contributed by atoms with E-state index < -0.39 is 0 Å². The maximum atomic E-state index is 11.6. The largest absolute Gasteiger partial charge is 0.356 e. The highest BCUT2D eigenvalue weighted by atomic mass is 35.5. The Bertz CT molecular complexity index is 390. The summed E-state index contributed by atoms with van der Waals surface area (Å²) in [4.78, 5) is 12.8. The van der Waals surface area contributed by atoms with Crippen LogP contribution >= 0.6 is 22.9 Å². The van der Waals surface area contributed by atoms with E-state index in [0.29, 0.717) is 18.9 Å². The highest BCUT2D eigenvalue weighted by Crippen LogP contribution is 2.32. The molecule has 1 aliphatic carbocycles. The van der Waals surface area contributed by atoms with Crippen molar-refractivity contribution < 1.29 is 4.79 Å². The summed E-state index contributed by atoms with van der Waals surface area (Å²) in [5.74, 6) is 0.643. The first-order valence-electron chi connectivity index (χ1n) is 5.91. The topological polar surface area (TPSA) is 55.1 Å². The average Bonchev–Trinajstić information content (AvgIpc) is 3.04. The van der Waals surface area contributed by atoms with Crippen LogP contribution in [0.4, 0.5) is 0 Å². The lowest BCUT2D eigenvalue weighted by atomic mass is 10.1. The van der Waals surface area contributed by atoms with Crippen molar-refractivity contribution >= 4 is 28.8 Å². The van der Waals surface area contributed by atoms with E-state index >= 15 is 0 Å². The van der Waals surface area contributed by atoms with Gasteiger partial charge in [-0.05, 0) is 37.3 Å². The van der Waals surface area contributed by atoms with Gasteiger partial charge in [0, 0.05) is 23.9 Å². The molecular weight excluding hydrogens is 256 g/mol. The minimum atomic E-state index is 0.0474. The summed E-state index contributed by atoms with van der Waals surface area (Å²) >= 11 is 7.38. The molecule has 1 heterocycles. The molecule has 1 atom stereocenters. The Kier molecular flexibility index (Phi) is 4.42. The van der Waals surface area contributed by atoms with Gasteiger partial charge >= 0.3 is 0 Å². The fourth-order valence-electron chi connectivity index (χ4n) is 1.79. The minimum Gasteiger partial charge on any atom is -0.356 e. The number of rotatable bonds is 6. The van der Waals surface area contributed by atoms with Gasteiger partial charge in [0.15, 0.2) is 0 Å². The third kappa shape index (κ3) is 4.30. The number of hydrogen-bond donors (Lipinski definition) is 2. The lowest BCUT2D eigenvalue weighted by molar-refractivity contribution is -0.121. The molecule has 1 saturated carbocycles. The molecule has 3 N–H and O–H groups in total. The zero-order chi connectivity index (χ0) is 12.3. The third-order valence-corrected chi connectivity index (χ3v) is 4.26. The molecule has 3 nitrogen and oxygen atoms in total. The Morgan fingerprint density at radius 1 is 1.59 bits per heavy atom. The monoisotopic (exact) mass is 272 g/mol. The van der Waals surface area contributed by atoms with Gasteiger partial charge in [-0.2, -0.15) is 0 Å². The molecule has 5 heteroatoms. The minimum absolute atomic E-state index is 0.0474. The van der Waals surface area contributed by atoms with E-state index in [1.165, 1.54) is 17.7 Å². The zero-order valence-corrected chi connectivity index (χ0v) is 11.2. The van der Waals surface area contributed by atoms with E-state index in [0.717, 1.165) is 10.8 Å². The van der Waals surface area contributed by atoms with Crippen LogP contribution in [-0.4, -0.2) is 18.5 Å². The van der Waals surface area contributed by atoms with Crippen molar-refractivity contribution in [2.45, 2.75) is 31.7 Å². The first-order valence-corrected chi connectivity index (χ1v) is 7.11. The number of hydrogen-bond acceptors (Lipinski definition) is 3. The zero-order valence-electron chi connectivity index (χ0n) is 9.62. The second-order valence-corrected chi connectivity index (χ2v) is 6.31. The highest BCUT2D eigenvalue weighted by Gasteiger charge is 2.29. The molecule has 1 unspecified atom stereocenters. The van der Waals surface area contributed by atoms with Gasteiger partial charge in [-0.25, -0.2) is 0 Å². The summed E-state index contributed by atoms with van der Waals surface area (Å²) in [5, 5.41) is 2.90. The predicted octanol–water partition coefficient (Wildman–Crippen LogP) is 2.19. The van der Waals surface area contributed by atoms with Crippen molar-refractivity contribution in [2.75, 3.05) is 6.54 Å². The van der Waals surface area contributed by atoms with Crippen LogP contribution in [0.2, 0.25) is 4.34 Å². The van der Waals surface area contributed by atoms with Crippen LogP contribution < -0.4 is 11.1 Å². The molecule has 0 aliphatic heterocycles. The van der Waals surface area contributed by atoms with Crippen LogP contribution in [0.25, 0.3) is 0 Å². The molecule has 1 aliphatic rings. The van der Waals surface area contributed by atoms with Gasteiger partial charge in [0.2, 0.25) is 5.91 Å². The normalized spacial score (nSPS) is 16.8. The Morgan fingerprint density at radius 2 is 2.35 bits per heavy atom. The molecule has 0 aromatic carbocycles. The molecule has 0 spiro atoms. The SMILES string of the molecule is NC(CC(=O)NCCc1ccc(Cl)s1)C1CC1. The summed E-state index contributed by atoms with van der Waals surface area (Å²) in [6.45, 7) is 0.660. The van der Waals surface area contributed by atoms with Crippen LogP contribution in [0, 0.1) is 5.92 Å². The summed E-state index contributed by atoms with van der Waals surface area (Å²) in [6, 6.07) is 3.92. The summed E-state index contributed by atoms with van der Waals surface area (Å²) in [5.41, 5.74) is 5.89. The number of nitrogens with two attached hydrogens (primary N) is 1. The van der Waals surface area contributed by atoms with Crippen LogP contribution in [0.3, 0.4) is 0 Å². The quantitative estimate of drug-likeness (QED) is 0.834. The average molecular weight is 273 g/mol. The van der Waals surface area contributed by atoms with E-state index in [4.69, 9.17) is 17.3 Å². The van der Waals surface area contributed by atoms with Crippen molar-refractivity contribution in [2.24, 2.45) is 11.7 Å². The van der Waals surface area contributed by atoms with Gasteiger partial charge in [-0.3, -0.25) is 4.79 Å². The first kappa shape index (κ1) is 12.9. The molecule has 94 valence electrons. The van der Waals surface area contributed by atoms with Crippen molar-refractivity contribution in [1.82, 2.24) is 5.32 Å². The number of carbonyl (C=O) groups is 1. The number of nitrogens with one attached hydrogen (secondary N) is 1. The van der Waals surface area contributed by atoms with Gasteiger partial charge in [-0.15, -0.1) is 11.3 Å². The molecule has 17 heavy (non-hydrogen) atoms. The molecule has 0 bridgehead atoms. The molecular formula is C12H17ClN2OS. The van der Waals surface area contributed by atoms with Gasteiger partial charge in [0.25, 0.3) is 0 Å². The maximum Gasteiger partial charge on any atom is 0.221 e. The Morgan fingerprint density at radius 3 is 2.94 bits per heavy atom. The van der Waals surface area contributed by atoms with Crippen LogP contribution in [0.1, 0.15) is 24.1 Å². The van der Waals surface area contributed by atoms with Crippen molar-refractivity contribution in [3.8, 4) is 0 Å². The fraction of sp³-hybridized carbons (Fsp3) is 0.583. The maximum absolute atomic E-state index is 11.6. The predicted molar refractivity (Wildman–Crippen MR) is 71.4 cm³/mol. The van der Waals surface area contributed by atoms with Gasteiger partial charge in [-0.1, -0.05) is 11.6 Å². The van der Waals surface area contributed by atoms with E-state index in [1.807, 2.05) is 12.1 Å². The summed E-state index contributed by atoms with van der Waals surface area (Å²) in [7, 11) is 0. The smallest absolute Gasteiger partial charge is 0.221 e. The van der Waals surface area contributed by atoms with Crippen LogP contribution in [-0.2, 0) is 11.2 Å². The second-order valence-electron chi connectivity index (χ2n) is 4.51. The number of carbonyl (C=O) groups excluding carboxylic acids is 1. The lowest BCUT2D eigenvalue weighted by Crippen LogP contribution is -2.33. The number of amides is 1. The first-order chi connectivity index (χ1) is 8.15. The fourth-order valence-corrected chi connectivity index (χ4v) is 2.88. The van der Waals surface area contributed by atoms with E-state index in [-0.39, 0.29) is 11.9 Å². The van der Waals surface area contributed by atoms with E-state index in [2.05, 4.69) is 5.32 Å². The molecule has 1 aromatic rings. The Labute approximate surface area is 110 Å². The van der Waals surface area contributed by atoms with Gasteiger partial charge in [0.05, 0.1) is 4.34 Å². The lowest BCUT2D eigenvalue weighted by Gasteiger charge is -2.09. The molecule has 1 aromatic heterocycles. The third-order valence-electron chi connectivity index (χ3n) is 2.97. The van der Waals surface area contributed by atoms with Crippen LogP contribution in [0.5, 0.6) is 0 Å². The second kappa shape index (κ2) is 5.85. The highest BCUT2D eigenvalue weighted by molar-refractivity contribution is 7.16. The molecule has 2 rings (SSSR count). The number of halogens is 1. The van der Waals surface area contributed by atoms with Gasteiger partial charge in [0.1, 0.15) is 0 Å². The van der Waals surface area contributed by atoms with E-state index in [1.54, 1.807) is 11.3 Å². The molecule has 1 fully saturated rings. The van der Waals surface area contributed by atoms with Crippen molar-refractivity contribution in [3.63, 3.8) is 0 Å². The molecule has 0 radical (unpaired) electrons. The Hall–Kier alpha value is -0.580. The van der Waals surface area contributed by atoms with Crippen molar-refractivity contribution in [1.29, 1.82) is 0 Å². The van der Waals surface area contributed by atoms with Gasteiger partial charge < -0.3 is 11.1 Å². The molecule has 1 amide bonds. The standard InChI is InChI=1S/C12H17ClN2OS/c13-11-4-3-9(17-11)5-6-15-12(16)7-10(14)8-1-2-8/h3-4,8,10H,1-2,5-7,14H2,(H,15,16). The van der Waals surface area contributed by atoms with Crippen molar-refractivity contribution in [3.05, 3.63) is 21.3 Å². The van der Waals surface area contributed by atoms with Crippen LogP contribution in [0.15, 0.2) is 12.1 Å². The summed E-state index contributed by atoms with van der Waals surface area (Å²) in [6.07, 6.45) is 3.65. The molecule has 0 saturated heterocycles. The Balaban J connectivity index is 1.62. The number of thiophene rings is 1.